The average Bonchev–Trinajstić information content (AvgIpc) is 3.09. The first kappa shape index (κ1) is 44.6. The molecular weight excluding hydrogens is 663 g/mol. The van der Waals surface area contributed by atoms with Gasteiger partial charge in [-0.05, 0) is 43.2 Å². The van der Waals surface area contributed by atoms with Gasteiger partial charge in [-0.15, -0.1) is 0 Å². The molecule has 51 heavy (non-hydrogen) atoms. The minimum absolute atomic E-state index is 0.0147. The zero-order valence-electron chi connectivity index (χ0n) is 32.1. The maximum absolute atomic E-state index is 13.4. The fourth-order valence-corrected chi connectivity index (χ4v) is 6.37. The van der Waals surface area contributed by atoms with Crippen LogP contribution in [-0.4, -0.2) is 80.5 Å². The number of carbonyl (C=O) groups is 1. The lowest BCUT2D eigenvalue weighted by atomic mass is 10.1. The summed E-state index contributed by atoms with van der Waals surface area (Å²) >= 11 is 0. The summed E-state index contributed by atoms with van der Waals surface area (Å²) in [6.45, 7) is 3.69. The Morgan fingerprint density at radius 2 is 1.33 bits per heavy atom. The predicted octanol–water partition coefficient (Wildman–Crippen LogP) is 10.1. The van der Waals surface area contributed by atoms with Crippen LogP contribution < -0.4 is 0 Å². The number of carbonyl (C=O) groups excluding carboxylic acids is 1. The molecule has 2 rings (SSSR count). The first-order valence-corrected chi connectivity index (χ1v) is 20.8. The molecule has 2 aromatic carbocycles. The fraction of sp³-hybridized carbons (Fsp3) is 0.634. The van der Waals surface area contributed by atoms with Crippen LogP contribution in [0, 0.1) is 0 Å². The molecule has 9 nitrogen and oxygen atoms in total. The van der Waals surface area contributed by atoms with E-state index in [1.807, 2.05) is 81.8 Å². The molecule has 0 saturated carbocycles. The second kappa shape index (κ2) is 27.1. The van der Waals surface area contributed by atoms with E-state index in [4.69, 9.17) is 18.5 Å². The van der Waals surface area contributed by atoms with Crippen molar-refractivity contribution in [2.24, 2.45) is 0 Å². The smallest absolute Gasteiger partial charge is 0.445 e. The number of unbranched alkanes of at least 4 members (excludes halogenated alkanes) is 12. The number of ether oxygens (including phenoxy) is 2. The van der Waals surface area contributed by atoms with Crippen LogP contribution in [0.3, 0.4) is 0 Å². The first-order valence-electron chi connectivity index (χ1n) is 19.3. The fourth-order valence-electron chi connectivity index (χ4n) is 5.50. The third kappa shape index (κ3) is 24.4. The summed E-state index contributed by atoms with van der Waals surface area (Å²) in [6, 6.07) is 19.0. The Morgan fingerprint density at radius 3 is 1.92 bits per heavy atom. The van der Waals surface area contributed by atoms with Gasteiger partial charge in [0, 0.05) is 13.2 Å². The number of amides is 1. The number of hydrogen-bond acceptors (Lipinski definition) is 6. The number of rotatable bonds is 30. The van der Waals surface area contributed by atoms with Crippen molar-refractivity contribution in [3.05, 3.63) is 83.9 Å². The van der Waals surface area contributed by atoms with Crippen molar-refractivity contribution in [1.29, 1.82) is 0 Å². The number of phosphoric acid groups is 1. The molecule has 0 heterocycles. The van der Waals surface area contributed by atoms with Crippen LogP contribution in [0.15, 0.2) is 72.8 Å². The van der Waals surface area contributed by atoms with Gasteiger partial charge < -0.3 is 23.8 Å². The summed E-state index contributed by atoms with van der Waals surface area (Å²) in [4.78, 5) is 25.5. The molecule has 288 valence electrons. The Bertz CT molecular complexity index is 1220. The quantitative estimate of drug-likeness (QED) is 0.0370. The summed E-state index contributed by atoms with van der Waals surface area (Å²) in [7, 11) is 1.49. The Hall–Kier alpha value is -2.52. The number of nitrogens with zero attached hydrogens (tertiary/aromatic N) is 2. The minimum Gasteiger partial charge on any atom is -0.445 e. The Labute approximate surface area is 309 Å². The summed E-state index contributed by atoms with van der Waals surface area (Å²) in [6.07, 6.45) is 20.5. The van der Waals surface area contributed by atoms with Crippen molar-refractivity contribution in [1.82, 2.24) is 4.90 Å². The average molecular weight is 732 g/mol. The molecule has 0 bridgehead atoms. The molecule has 0 aliphatic carbocycles. The molecule has 1 amide bonds. The molecule has 1 N–H and O–H groups in total. The minimum atomic E-state index is -4.43. The number of benzene rings is 2. The standard InChI is InChI=1S/C41H67N2O7P/c1-5-6-7-8-9-10-11-12-13-14-15-16-17-18-19-26-32-47-37-40(50-51(45,46)49-33-31-43(2,3)4)35-42(34-38-27-22-20-23-28-38)41(44)48-36-39-29-24-21-25-30-39/h12-13,20-25,27-30,40H,5-11,14-19,26,31-37H2,1-4H3/p+1/b13-12-. The molecule has 2 unspecified atom stereocenters. The highest BCUT2D eigenvalue weighted by Crippen LogP contribution is 2.44. The van der Waals surface area contributed by atoms with Gasteiger partial charge in [0.2, 0.25) is 0 Å². The van der Waals surface area contributed by atoms with E-state index in [9.17, 15) is 14.3 Å². The zero-order valence-corrected chi connectivity index (χ0v) is 33.0. The summed E-state index contributed by atoms with van der Waals surface area (Å²) in [5.74, 6) is 0. The van der Waals surface area contributed by atoms with Crippen LogP contribution in [0.1, 0.15) is 108 Å². The zero-order chi connectivity index (χ0) is 37.0. The highest BCUT2D eigenvalue weighted by molar-refractivity contribution is 7.47. The Kier molecular flexibility index (Phi) is 23.8. The maximum Gasteiger partial charge on any atom is 0.472 e. The lowest BCUT2D eigenvalue weighted by molar-refractivity contribution is -0.870. The number of hydrogen-bond donors (Lipinski definition) is 1. The number of phosphoric ester groups is 1. The van der Waals surface area contributed by atoms with E-state index in [1.165, 1.54) is 69.1 Å². The van der Waals surface area contributed by atoms with Gasteiger partial charge in [0.05, 0.1) is 34.3 Å². The number of allylic oxidation sites excluding steroid dienone is 2. The normalized spacial score (nSPS) is 13.7. The van der Waals surface area contributed by atoms with Crippen molar-refractivity contribution >= 4 is 13.9 Å². The summed E-state index contributed by atoms with van der Waals surface area (Å²) in [5, 5.41) is 0. The molecule has 2 aromatic rings. The van der Waals surface area contributed by atoms with Crippen LogP contribution >= 0.6 is 7.82 Å². The number of quaternary nitrogens is 1. The Morgan fingerprint density at radius 1 is 0.784 bits per heavy atom. The monoisotopic (exact) mass is 731 g/mol. The van der Waals surface area contributed by atoms with Crippen LogP contribution in [0.4, 0.5) is 4.79 Å². The molecule has 0 saturated heterocycles. The summed E-state index contributed by atoms with van der Waals surface area (Å²) in [5.41, 5.74) is 1.76. The molecule has 0 spiro atoms. The second-order valence-corrected chi connectivity index (χ2v) is 15.9. The van der Waals surface area contributed by atoms with E-state index in [1.54, 1.807) is 0 Å². The highest BCUT2D eigenvalue weighted by atomic mass is 31.2. The van der Waals surface area contributed by atoms with Gasteiger partial charge in [-0.25, -0.2) is 9.36 Å². The first-order chi connectivity index (χ1) is 24.6. The van der Waals surface area contributed by atoms with Crippen molar-refractivity contribution in [2.75, 3.05) is 54.1 Å². The third-order valence-corrected chi connectivity index (χ3v) is 9.58. The van der Waals surface area contributed by atoms with Crippen molar-refractivity contribution < 1.29 is 37.3 Å². The van der Waals surface area contributed by atoms with E-state index in [0.717, 1.165) is 36.8 Å². The second-order valence-electron chi connectivity index (χ2n) is 14.5. The van der Waals surface area contributed by atoms with Crippen LogP contribution in [0.25, 0.3) is 0 Å². The van der Waals surface area contributed by atoms with Crippen molar-refractivity contribution in [3.63, 3.8) is 0 Å². The van der Waals surface area contributed by atoms with E-state index in [2.05, 4.69) is 19.1 Å². The van der Waals surface area contributed by atoms with Crippen LogP contribution in [-0.2, 0) is 36.2 Å². The Balaban J connectivity index is 1.84. The SMILES string of the molecule is CCCCCCCC/C=C\CCCCCCCCOCC(CN(Cc1ccccc1)C(=O)OCc1ccccc1)OP(=O)(O)OCC[N+](C)(C)C. The van der Waals surface area contributed by atoms with Crippen LogP contribution in [0.5, 0.6) is 0 Å². The molecule has 2 atom stereocenters. The lowest BCUT2D eigenvalue weighted by Crippen LogP contribution is -2.40. The lowest BCUT2D eigenvalue weighted by Gasteiger charge is -2.29. The largest absolute Gasteiger partial charge is 0.472 e. The van der Waals surface area contributed by atoms with Gasteiger partial charge in [0.25, 0.3) is 0 Å². The molecule has 0 radical (unpaired) electrons. The van der Waals surface area contributed by atoms with Gasteiger partial charge in [0.1, 0.15) is 25.9 Å². The summed E-state index contributed by atoms with van der Waals surface area (Å²) < 4.78 is 36.2. The topological polar surface area (TPSA) is 94.5 Å². The number of likely N-dealkylation sites (N-methyl/N-ethyl adjacent to an activating group) is 1. The van der Waals surface area contributed by atoms with E-state index < -0.39 is 20.0 Å². The molecular formula is C41H68N2O7P+. The van der Waals surface area contributed by atoms with Gasteiger partial charge in [0.15, 0.2) is 0 Å². The van der Waals surface area contributed by atoms with E-state index in [0.29, 0.717) is 17.6 Å². The van der Waals surface area contributed by atoms with Gasteiger partial charge in [-0.2, -0.15) is 0 Å². The third-order valence-electron chi connectivity index (χ3n) is 8.51. The van der Waals surface area contributed by atoms with E-state index in [-0.39, 0.29) is 32.9 Å². The molecule has 0 aliphatic heterocycles. The van der Waals surface area contributed by atoms with Gasteiger partial charge in [-0.3, -0.25) is 9.05 Å². The molecule has 0 aromatic heterocycles. The molecule has 0 aliphatic rings. The highest BCUT2D eigenvalue weighted by Gasteiger charge is 2.31. The van der Waals surface area contributed by atoms with E-state index >= 15 is 0 Å². The van der Waals surface area contributed by atoms with Crippen LogP contribution in [0.2, 0.25) is 0 Å². The van der Waals surface area contributed by atoms with Crippen molar-refractivity contribution in [3.8, 4) is 0 Å². The maximum atomic E-state index is 13.4. The molecule has 0 fully saturated rings. The molecule has 10 heteroatoms. The van der Waals surface area contributed by atoms with Gasteiger partial charge >= 0.3 is 13.9 Å². The van der Waals surface area contributed by atoms with Gasteiger partial charge in [-0.1, -0.05) is 138 Å². The van der Waals surface area contributed by atoms with Crippen molar-refractivity contribution in [2.45, 2.75) is 116 Å². The predicted molar refractivity (Wildman–Crippen MR) is 207 cm³/mol.